The Labute approximate surface area is 230 Å². The second kappa shape index (κ2) is 10.4. The minimum atomic E-state index is -3.59. The van der Waals surface area contributed by atoms with Gasteiger partial charge in [-0.25, -0.2) is 13.2 Å². The molecule has 0 amide bonds. The minimum Gasteiger partial charge on any atom is -0.495 e. The molecule has 10 nitrogen and oxygen atoms in total. The molecule has 4 aromatic rings. The van der Waals surface area contributed by atoms with Gasteiger partial charge in [0.05, 0.1) is 36.4 Å². The number of nitrogens with one attached hydrogen (secondary N) is 2. The van der Waals surface area contributed by atoms with E-state index in [9.17, 15) is 18.3 Å². The van der Waals surface area contributed by atoms with E-state index in [2.05, 4.69) is 15.0 Å². The van der Waals surface area contributed by atoms with E-state index in [1.165, 1.54) is 13.2 Å². The van der Waals surface area contributed by atoms with Crippen molar-refractivity contribution in [2.45, 2.75) is 12.1 Å². The maximum atomic E-state index is 12.0. The van der Waals surface area contributed by atoms with Crippen LogP contribution in [-0.2, 0) is 10.0 Å². The van der Waals surface area contributed by atoms with Crippen molar-refractivity contribution in [2.75, 3.05) is 23.0 Å². The molecule has 1 aliphatic rings. The average Bonchev–Trinajstić information content (AvgIpc) is 3.53. The molecule has 5 rings (SSSR count). The van der Waals surface area contributed by atoms with E-state index in [1.54, 1.807) is 48.7 Å². The van der Waals surface area contributed by atoms with Gasteiger partial charge in [0, 0.05) is 17.4 Å². The van der Waals surface area contributed by atoms with Gasteiger partial charge < -0.3 is 24.5 Å². The number of pyridine rings is 1. The van der Waals surface area contributed by atoms with Crippen LogP contribution in [0.4, 0.5) is 11.4 Å². The lowest BCUT2D eigenvalue weighted by Crippen LogP contribution is -2.29. The third-order valence-corrected chi connectivity index (χ3v) is 7.07. The van der Waals surface area contributed by atoms with Crippen molar-refractivity contribution in [3.8, 4) is 17.1 Å². The van der Waals surface area contributed by atoms with Gasteiger partial charge in [-0.3, -0.25) is 9.71 Å². The summed E-state index contributed by atoms with van der Waals surface area (Å²) < 4.78 is 38.2. The maximum Gasteiger partial charge on any atom is 0.335 e. The van der Waals surface area contributed by atoms with E-state index in [1.807, 2.05) is 29.2 Å². The highest BCUT2D eigenvalue weighted by Crippen LogP contribution is 2.44. The smallest absolute Gasteiger partial charge is 0.335 e. The fraction of sp³-hybridized carbons (Fsp3) is 0.148. The third-order valence-electron chi connectivity index (χ3n) is 6.17. The predicted molar refractivity (Wildman–Crippen MR) is 150 cm³/mol. The van der Waals surface area contributed by atoms with E-state index in [0.29, 0.717) is 33.6 Å². The first-order valence-electron chi connectivity index (χ1n) is 11.7. The summed E-state index contributed by atoms with van der Waals surface area (Å²) in [6, 6.07) is 19.8. The van der Waals surface area contributed by atoms with Gasteiger partial charge in [0.2, 0.25) is 10.0 Å². The van der Waals surface area contributed by atoms with E-state index >= 15 is 0 Å². The summed E-state index contributed by atoms with van der Waals surface area (Å²) in [4.78, 5) is 17.8. The van der Waals surface area contributed by atoms with Crippen LogP contribution in [-0.4, -0.2) is 43.0 Å². The van der Waals surface area contributed by atoms with Gasteiger partial charge in [0.25, 0.3) is 0 Å². The first kappa shape index (κ1) is 26.2. The lowest BCUT2D eigenvalue weighted by molar-refractivity contribution is 0.0697. The molecule has 0 spiro atoms. The van der Waals surface area contributed by atoms with E-state index in [0.717, 1.165) is 11.9 Å². The van der Waals surface area contributed by atoms with Crippen LogP contribution in [0, 0.1) is 0 Å². The molecule has 3 N–H and O–H groups in total. The number of sulfonamides is 1. The van der Waals surface area contributed by atoms with Crippen LogP contribution in [0.5, 0.6) is 5.75 Å². The number of methoxy groups -OCH3 is 1. The average molecular weight is 565 g/mol. The van der Waals surface area contributed by atoms with Crippen molar-refractivity contribution < 1.29 is 27.5 Å². The highest BCUT2D eigenvalue weighted by Gasteiger charge is 2.43. The number of carboxylic acid groups (broad SMARTS) is 1. The first-order chi connectivity index (χ1) is 18.6. The number of ether oxygens (including phenoxy) is 1. The molecular formula is C27H24N4O6S2. The molecule has 2 aromatic carbocycles. The molecule has 2 atom stereocenters. The van der Waals surface area contributed by atoms with Gasteiger partial charge in [-0.1, -0.05) is 18.2 Å². The number of hydrogen-bond acceptors (Lipinski definition) is 7. The molecule has 0 unspecified atom stereocenters. The number of carbonyl (C=O) groups is 1. The zero-order chi connectivity index (χ0) is 27.7. The molecule has 1 saturated heterocycles. The lowest BCUT2D eigenvalue weighted by Gasteiger charge is -2.27. The van der Waals surface area contributed by atoms with Crippen LogP contribution in [0.3, 0.4) is 0 Å². The molecule has 0 aliphatic carbocycles. The van der Waals surface area contributed by atoms with Gasteiger partial charge in [0.15, 0.2) is 5.11 Å². The molecule has 0 saturated carbocycles. The largest absolute Gasteiger partial charge is 0.495 e. The van der Waals surface area contributed by atoms with E-state index < -0.39 is 28.1 Å². The van der Waals surface area contributed by atoms with Crippen molar-refractivity contribution in [1.82, 2.24) is 10.3 Å². The van der Waals surface area contributed by atoms with Crippen LogP contribution < -0.4 is 19.7 Å². The highest BCUT2D eigenvalue weighted by molar-refractivity contribution is 7.92. The summed E-state index contributed by atoms with van der Waals surface area (Å²) in [5.74, 6) is 0.342. The Bertz CT molecular complexity index is 1660. The molecule has 39 heavy (non-hydrogen) atoms. The summed E-state index contributed by atoms with van der Waals surface area (Å²) in [7, 11) is -2.13. The summed E-state index contributed by atoms with van der Waals surface area (Å²) in [5.41, 5.74) is 2.33. The number of nitrogens with zero attached hydrogens (tertiary/aromatic N) is 2. The fourth-order valence-electron chi connectivity index (χ4n) is 4.52. The summed E-state index contributed by atoms with van der Waals surface area (Å²) >= 11 is 5.75. The Balaban J connectivity index is 1.61. The zero-order valence-electron chi connectivity index (χ0n) is 20.9. The number of aromatic carboxylic acids is 1. The molecule has 0 radical (unpaired) electrons. The minimum absolute atomic E-state index is 0.145. The van der Waals surface area contributed by atoms with Crippen LogP contribution in [0.2, 0.25) is 0 Å². The van der Waals surface area contributed by atoms with Gasteiger partial charge in [-0.2, -0.15) is 0 Å². The van der Waals surface area contributed by atoms with Gasteiger partial charge >= 0.3 is 5.97 Å². The Hall–Kier alpha value is -4.42. The molecule has 1 fully saturated rings. The van der Waals surface area contributed by atoms with Gasteiger partial charge in [-0.15, -0.1) is 0 Å². The summed E-state index contributed by atoms with van der Waals surface area (Å²) in [6.45, 7) is 0. The first-order valence-corrected chi connectivity index (χ1v) is 14.0. The number of anilines is 2. The molecular weight excluding hydrogens is 540 g/mol. The van der Waals surface area contributed by atoms with Gasteiger partial charge in [-0.05, 0) is 66.8 Å². The van der Waals surface area contributed by atoms with Crippen molar-refractivity contribution in [2.24, 2.45) is 0 Å². The molecule has 200 valence electrons. The predicted octanol–water partition coefficient (Wildman–Crippen LogP) is 4.60. The number of furan rings is 1. The highest BCUT2D eigenvalue weighted by atomic mass is 32.2. The Morgan fingerprint density at radius 1 is 1.13 bits per heavy atom. The fourth-order valence-corrected chi connectivity index (χ4v) is 5.42. The van der Waals surface area contributed by atoms with Gasteiger partial charge in [0.1, 0.15) is 23.3 Å². The van der Waals surface area contributed by atoms with E-state index in [-0.39, 0.29) is 11.3 Å². The van der Waals surface area contributed by atoms with Crippen molar-refractivity contribution >= 4 is 44.7 Å². The van der Waals surface area contributed by atoms with Crippen LogP contribution in [0.25, 0.3) is 11.3 Å². The monoisotopic (exact) mass is 564 g/mol. The van der Waals surface area contributed by atoms with Crippen LogP contribution in [0.1, 0.15) is 33.9 Å². The molecule has 3 heterocycles. The topological polar surface area (TPSA) is 134 Å². The normalized spacial score (nSPS) is 17.1. The number of aromatic nitrogens is 1. The number of carboxylic acids is 1. The van der Waals surface area contributed by atoms with Crippen molar-refractivity contribution in [3.05, 3.63) is 96.0 Å². The Morgan fingerprint density at radius 2 is 1.95 bits per heavy atom. The molecule has 1 aliphatic heterocycles. The van der Waals surface area contributed by atoms with E-state index in [4.69, 9.17) is 21.4 Å². The van der Waals surface area contributed by atoms with Crippen molar-refractivity contribution in [3.63, 3.8) is 0 Å². The third kappa shape index (κ3) is 5.42. The number of thiocarbonyl (C=S) groups is 1. The molecule has 12 heteroatoms. The quantitative estimate of drug-likeness (QED) is 0.261. The SMILES string of the molecule is COc1ccc(N2C(=S)N[C@H](c3ccccn3)[C@H]2c2ccc(-c3cccc(C(=O)O)c3)o2)cc1NS(C)(=O)=O. The number of rotatable bonds is 8. The van der Waals surface area contributed by atoms with Crippen LogP contribution >= 0.6 is 12.2 Å². The Kier molecular flexibility index (Phi) is 6.98. The number of benzene rings is 2. The molecule has 2 aromatic heterocycles. The Morgan fingerprint density at radius 3 is 2.64 bits per heavy atom. The van der Waals surface area contributed by atoms with Crippen molar-refractivity contribution in [1.29, 1.82) is 0 Å². The second-order valence-corrected chi connectivity index (χ2v) is 11.0. The zero-order valence-corrected chi connectivity index (χ0v) is 22.5. The summed E-state index contributed by atoms with van der Waals surface area (Å²) in [5, 5.41) is 13.1. The molecule has 0 bridgehead atoms. The number of hydrogen-bond donors (Lipinski definition) is 3. The maximum absolute atomic E-state index is 12.0. The van der Waals surface area contributed by atoms with Crippen LogP contribution in [0.15, 0.2) is 83.4 Å². The lowest BCUT2D eigenvalue weighted by atomic mass is 10.0. The standard InChI is InChI=1S/C27H24N4O6S2/c1-36-22-10-9-18(15-20(22)30-39(2,34)35)31-25(24(29-27(31)38)19-8-3-4-13-28-19)23-12-11-21(37-23)16-6-5-7-17(14-16)26(32)33/h3-15,24-25,30H,1-2H3,(H,29,38)(H,32,33)/t24-,25-/m1/s1. The summed E-state index contributed by atoms with van der Waals surface area (Å²) in [6.07, 6.45) is 2.75. The second-order valence-electron chi connectivity index (χ2n) is 8.84.